The SMILES string of the molecule is N=C(N)c1ccc(OCC2CC2)c(-n2cnnn2)c1. The molecule has 19 heavy (non-hydrogen) atoms. The number of hydrogen-bond acceptors (Lipinski definition) is 5. The number of amidine groups is 1. The number of nitrogens with zero attached hydrogens (tertiary/aromatic N) is 4. The number of rotatable bonds is 5. The number of nitrogens with two attached hydrogens (primary N) is 1. The van der Waals surface area contributed by atoms with Gasteiger partial charge in [0.15, 0.2) is 0 Å². The molecule has 0 atom stereocenters. The Balaban J connectivity index is 1.94. The molecule has 1 aliphatic rings. The Kier molecular flexibility index (Phi) is 2.86. The highest BCUT2D eigenvalue weighted by Gasteiger charge is 2.22. The first-order valence-corrected chi connectivity index (χ1v) is 6.08. The average Bonchev–Trinajstić information content (AvgIpc) is 3.08. The summed E-state index contributed by atoms with van der Waals surface area (Å²) in [5, 5.41) is 18.6. The zero-order valence-electron chi connectivity index (χ0n) is 10.3. The molecule has 0 radical (unpaired) electrons. The third-order valence-electron chi connectivity index (χ3n) is 3.04. The average molecular weight is 258 g/mol. The van der Waals surface area contributed by atoms with Crippen LogP contribution in [0.25, 0.3) is 5.69 Å². The van der Waals surface area contributed by atoms with Gasteiger partial charge in [0.1, 0.15) is 23.6 Å². The van der Waals surface area contributed by atoms with Crippen LogP contribution in [-0.4, -0.2) is 32.6 Å². The summed E-state index contributed by atoms with van der Waals surface area (Å²) in [4.78, 5) is 0. The molecule has 0 bridgehead atoms. The first kappa shape index (κ1) is 11.6. The molecule has 7 nitrogen and oxygen atoms in total. The Morgan fingerprint density at radius 1 is 1.47 bits per heavy atom. The van der Waals surface area contributed by atoms with E-state index in [9.17, 15) is 0 Å². The Morgan fingerprint density at radius 3 is 2.95 bits per heavy atom. The van der Waals surface area contributed by atoms with Gasteiger partial charge in [-0.15, -0.1) is 5.10 Å². The summed E-state index contributed by atoms with van der Waals surface area (Å²) in [5.41, 5.74) is 6.81. The van der Waals surface area contributed by atoms with Crippen molar-refractivity contribution < 1.29 is 4.74 Å². The maximum atomic E-state index is 7.48. The highest BCUT2D eigenvalue weighted by Crippen LogP contribution is 2.31. The molecule has 98 valence electrons. The van der Waals surface area contributed by atoms with Gasteiger partial charge in [-0.2, -0.15) is 4.68 Å². The minimum Gasteiger partial charge on any atom is -0.491 e. The molecule has 3 N–H and O–H groups in total. The lowest BCUT2D eigenvalue weighted by Gasteiger charge is -2.11. The number of hydrogen-bond donors (Lipinski definition) is 2. The van der Waals surface area contributed by atoms with E-state index in [1.165, 1.54) is 23.9 Å². The number of nitrogen functional groups attached to an aromatic ring is 1. The first-order chi connectivity index (χ1) is 9.24. The lowest BCUT2D eigenvalue weighted by Crippen LogP contribution is -2.12. The van der Waals surface area contributed by atoms with Crippen molar-refractivity contribution in [3.05, 3.63) is 30.1 Å². The monoisotopic (exact) mass is 258 g/mol. The smallest absolute Gasteiger partial charge is 0.145 e. The molecule has 0 saturated heterocycles. The van der Waals surface area contributed by atoms with E-state index in [2.05, 4.69) is 15.5 Å². The summed E-state index contributed by atoms with van der Waals surface area (Å²) in [7, 11) is 0. The van der Waals surface area contributed by atoms with E-state index in [4.69, 9.17) is 15.9 Å². The van der Waals surface area contributed by atoms with E-state index in [-0.39, 0.29) is 5.84 Å². The van der Waals surface area contributed by atoms with Crippen LogP contribution >= 0.6 is 0 Å². The number of tetrazole rings is 1. The fraction of sp³-hybridized carbons (Fsp3) is 0.333. The van der Waals surface area contributed by atoms with Crippen LogP contribution in [0, 0.1) is 11.3 Å². The summed E-state index contributed by atoms with van der Waals surface area (Å²) in [6.45, 7) is 0.703. The third-order valence-corrected chi connectivity index (χ3v) is 3.04. The van der Waals surface area contributed by atoms with Crippen LogP contribution in [0.1, 0.15) is 18.4 Å². The topological polar surface area (TPSA) is 103 Å². The number of ether oxygens (including phenoxy) is 1. The van der Waals surface area contributed by atoms with Crippen LogP contribution < -0.4 is 10.5 Å². The second-order valence-corrected chi connectivity index (χ2v) is 4.60. The molecular weight excluding hydrogens is 244 g/mol. The zero-order chi connectivity index (χ0) is 13.2. The molecule has 1 heterocycles. The fourth-order valence-electron chi connectivity index (χ4n) is 1.75. The molecular formula is C12H14N6O. The third kappa shape index (κ3) is 2.54. The normalized spacial score (nSPS) is 14.3. The molecule has 1 aliphatic carbocycles. The maximum absolute atomic E-state index is 7.48. The van der Waals surface area contributed by atoms with Crippen LogP contribution in [0.4, 0.5) is 0 Å². The Bertz CT molecular complexity index is 590. The van der Waals surface area contributed by atoms with Gasteiger partial charge < -0.3 is 10.5 Å². The number of benzene rings is 1. The van der Waals surface area contributed by atoms with Gasteiger partial charge in [0.25, 0.3) is 0 Å². The molecule has 0 spiro atoms. The second-order valence-electron chi connectivity index (χ2n) is 4.60. The molecule has 2 aromatic rings. The van der Waals surface area contributed by atoms with Crippen molar-refractivity contribution in [2.75, 3.05) is 6.61 Å². The Labute approximate surface area is 109 Å². The maximum Gasteiger partial charge on any atom is 0.145 e. The van der Waals surface area contributed by atoms with Gasteiger partial charge in [-0.3, -0.25) is 5.41 Å². The highest BCUT2D eigenvalue weighted by atomic mass is 16.5. The van der Waals surface area contributed by atoms with Gasteiger partial charge in [0.2, 0.25) is 0 Å². The zero-order valence-corrected chi connectivity index (χ0v) is 10.3. The van der Waals surface area contributed by atoms with Crippen LogP contribution in [0.5, 0.6) is 5.75 Å². The standard InChI is InChI=1S/C12H14N6O/c13-12(14)9-3-4-11(19-6-8-1-2-8)10(5-9)18-7-15-16-17-18/h3-5,7-8H,1-2,6H2,(H3,13,14). The highest BCUT2D eigenvalue weighted by molar-refractivity contribution is 5.95. The summed E-state index contributed by atoms with van der Waals surface area (Å²) in [6, 6.07) is 5.31. The molecule has 1 fully saturated rings. The molecule has 1 aromatic heterocycles. The van der Waals surface area contributed by atoms with Crippen LogP contribution in [0.2, 0.25) is 0 Å². The molecule has 0 unspecified atom stereocenters. The predicted molar refractivity (Wildman–Crippen MR) is 68.4 cm³/mol. The molecule has 7 heteroatoms. The van der Waals surface area contributed by atoms with E-state index < -0.39 is 0 Å². The summed E-state index contributed by atoms with van der Waals surface area (Å²) in [6.07, 6.45) is 3.95. The minimum atomic E-state index is 0.00284. The van der Waals surface area contributed by atoms with Gasteiger partial charge in [-0.25, -0.2) is 0 Å². The van der Waals surface area contributed by atoms with Crippen LogP contribution in [-0.2, 0) is 0 Å². The van der Waals surface area contributed by atoms with Crippen molar-refractivity contribution in [3.63, 3.8) is 0 Å². The van der Waals surface area contributed by atoms with E-state index in [0.717, 1.165) is 0 Å². The summed E-state index contributed by atoms with van der Waals surface area (Å²) >= 11 is 0. The number of nitrogens with one attached hydrogen (secondary N) is 1. The van der Waals surface area contributed by atoms with Crippen LogP contribution in [0.3, 0.4) is 0 Å². The lowest BCUT2D eigenvalue weighted by molar-refractivity contribution is 0.298. The first-order valence-electron chi connectivity index (χ1n) is 6.08. The molecule has 1 saturated carbocycles. The van der Waals surface area contributed by atoms with E-state index in [0.29, 0.717) is 29.5 Å². The number of aromatic nitrogens is 4. The van der Waals surface area contributed by atoms with Gasteiger partial charge in [0, 0.05) is 5.56 Å². The molecule has 0 amide bonds. The van der Waals surface area contributed by atoms with Gasteiger partial charge in [-0.1, -0.05) is 0 Å². The van der Waals surface area contributed by atoms with Crippen LogP contribution in [0.15, 0.2) is 24.5 Å². The van der Waals surface area contributed by atoms with Crippen molar-refractivity contribution in [1.29, 1.82) is 5.41 Å². The largest absolute Gasteiger partial charge is 0.491 e. The van der Waals surface area contributed by atoms with Crippen molar-refractivity contribution >= 4 is 5.84 Å². The van der Waals surface area contributed by atoms with E-state index >= 15 is 0 Å². The van der Waals surface area contributed by atoms with Crippen molar-refractivity contribution in [2.24, 2.45) is 11.7 Å². The quantitative estimate of drug-likeness (QED) is 0.608. The van der Waals surface area contributed by atoms with E-state index in [1.54, 1.807) is 18.2 Å². The predicted octanol–water partition coefficient (Wildman–Crippen LogP) is 0.735. The summed E-state index contributed by atoms with van der Waals surface area (Å²) in [5.74, 6) is 1.36. The van der Waals surface area contributed by atoms with Crippen molar-refractivity contribution in [2.45, 2.75) is 12.8 Å². The van der Waals surface area contributed by atoms with Gasteiger partial charge >= 0.3 is 0 Å². The lowest BCUT2D eigenvalue weighted by atomic mass is 10.1. The minimum absolute atomic E-state index is 0.00284. The van der Waals surface area contributed by atoms with Gasteiger partial charge in [0.05, 0.1) is 6.61 Å². The fourth-order valence-corrected chi connectivity index (χ4v) is 1.75. The molecule has 1 aromatic carbocycles. The summed E-state index contributed by atoms with van der Waals surface area (Å²) < 4.78 is 7.30. The molecule has 0 aliphatic heterocycles. The van der Waals surface area contributed by atoms with Gasteiger partial charge in [-0.05, 0) is 47.4 Å². The van der Waals surface area contributed by atoms with Crippen molar-refractivity contribution in [1.82, 2.24) is 20.2 Å². The Hall–Kier alpha value is -2.44. The van der Waals surface area contributed by atoms with E-state index in [1.807, 2.05) is 0 Å². The van der Waals surface area contributed by atoms with Crippen molar-refractivity contribution in [3.8, 4) is 11.4 Å². The molecule has 3 rings (SSSR count). The second kappa shape index (κ2) is 4.68. The Morgan fingerprint density at radius 2 is 2.32 bits per heavy atom.